The maximum Gasteiger partial charge on any atom is 0.183 e. The number of rotatable bonds is 2. The van der Waals surface area contributed by atoms with Gasteiger partial charge in [-0.1, -0.05) is 23.7 Å². The fraction of sp³-hybridized carbons (Fsp3) is 0.400. The van der Waals surface area contributed by atoms with Crippen LogP contribution in [0.1, 0.15) is 6.42 Å². The summed E-state index contributed by atoms with van der Waals surface area (Å²) < 4.78 is 24.3. The lowest BCUT2D eigenvalue weighted by molar-refractivity contribution is 0.583. The van der Waals surface area contributed by atoms with Gasteiger partial charge >= 0.3 is 0 Å². The summed E-state index contributed by atoms with van der Waals surface area (Å²) in [6.07, 6.45) is 0.660. The van der Waals surface area contributed by atoms with Crippen LogP contribution in [0.15, 0.2) is 29.2 Å². The molecule has 1 N–H and O–H groups in total. The molecule has 0 bridgehead atoms. The van der Waals surface area contributed by atoms with Crippen molar-refractivity contribution in [1.29, 1.82) is 0 Å². The van der Waals surface area contributed by atoms with E-state index < -0.39 is 9.84 Å². The van der Waals surface area contributed by atoms with Crippen molar-refractivity contribution in [2.24, 2.45) is 0 Å². The summed E-state index contributed by atoms with van der Waals surface area (Å²) in [6, 6.07) is 6.60. The number of halogens is 1. The monoisotopic (exact) mass is 245 g/mol. The summed E-state index contributed by atoms with van der Waals surface area (Å²) in [7, 11) is -3.26. The van der Waals surface area contributed by atoms with E-state index in [-0.39, 0.29) is 10.1 Å². The molecule has 0 amide bonds. The van der Waals surface area contributed by atoms with Gasteiger partial charge in [0.1, 0.15) is 0 Å². The lowest BCUT2D eigenvalue weighted by atomic mass is 10.4. The lowest BCUT2D eigenvalue weighted by Crippen LogP contribution is -2.24. The molecule has 5 heteroatoms. The molecule has 0 radical (unpaired) electrons. The molecular weight excluding hydrogens is 234 g/mol. The van der Waals surface area contributed by atoms with Crippen molar-refractivity contribution in [3.63, 3.8) is 0 Å². The van der Waals surface area contributed by atoms with Gasteiger partial charge in [-0.3, -0.25) is 0 Å². The van der Waals surface area contributed by atoms with E-state index in [1.54, 1.807) is 24.3 Å². The van der Waals surface area contributed by atoms with Crippen LogP contribution in [0.4, 0.5) is 0 Å². The Morgan fingerprint density at radius 3 is 2.67 bits per heavy atom. The number of sulfone groups is 1. The summed E-state index contributed by atoms with van der Waals surface area (Å²) in [6.45, 7) is 1.28. The Balaban J connectivity index is 2.41. The van der Waals surface area contributed by atoms with Gasteiger partial charge in [0.05, 0.1) is 15.2 Å². The Labute approximate surface area is 94.4 Å². The summed E-state index contributed by atoms with van der Waals surface area (Å²) in [5, 5.41) is 3.02. The highest BCUT2D eigenvalue weighted by Gasteiger charge is 2.31. The van der Waals surface area contributed by atoms with Crippen molar-refractivity contribution in [3.8, 4) is 0 Å². The summed E-state index contributed by atoms with van der Waals surface area (Å²) in [5.74, 6) is 0. The molecule has 0 aliphatic carbocycles. The molecule has 1 fully saturated rings. The SMILES string of the molecule is O=S(=O)(c1ccccc1Cl)C1CCNC1. The molecule has 0 aromatic heterocycles. The molecule has 1 aliphatic heterocycles. The predicted molar refractivity (Wildman–Crippen MR) is 59.9 cm³/mol. The van der Waals surface area contributed by atoms with E-state index in [1.807, 2.05) is 0 Å². The van der Waals surface area contributed by atoms with Gasteiger partial charge in [0.2, 0.25) is 0 Å². The van der Waals surface area contributed by atoms with Crippen molar-refractivity contribution >= 4 is 21.4 Å². The number of benzene rings is 1. The maximum atomic E-state index is 12.1. The first-order valence-electron chi connectivity index (χ1n) is 4.81. The van der Waals surface area contributed by atoms with Gasteiger partial charge in [-0.25, -0.2) is 8.42 Å². The third kappa shape index (κ3) is 2.02. The Hall–Kier alpha value is -0.580. The third-order valence-corrected chi connectivity index (χ3v) is 5.29. The topological polar surface area (TPSA) is 46.2 Å². The smallest absolute Gasteiger partial charge is 0.183 e. The molecule has 0 spiro atoms. The Kier molecular flexibility index (Phi) is 3.00. The fourth-order valence-corrected chi connectivity index (χ4v) is 3.94. The average molecular weight is 246 g/mol. The second kappa shape index (κ2) is 4.12. The minimum atomic E-state index is -3.26. The average Bonchev–Trinajstić information content (AvgIpc) is 2.71. The molecule has 1 heterocycles. The Bertz CT molecular complexity index is 452. The highest BCUT2D eigenvalue weighted by atomic mass is 35.5. The molecule has 82 valence electrons. The van der Waals surface area contributed by atoms with E-state index in [2.05, 4.69) is 5.32 Å². The highest BCUT2D eigenvalue weighted by Crippen LogP contribution is 2.26. The van der Waals surface area contributed by atoms with Crippen LogP contribution in [0.2, 0.25) is 5.02 Å². The first kappa shape index (κ1) is 10.9. The molecule has 1 aromatic rings. The third-order valence-electron chi connectivity index (χ3n) is 2.60. The summed E-state index contributed by atoms with van der Waals surface area (Å²) in [5.41, 5.74) is 0. The van der Waals surface area contributed by atoms with Crippen molar-refractivity contribution in [1.82, 2.24) is 5.32 Å². The van der Waals surface area contributed by atoms with E-state index >= 15 is 0 Å². The Morgan fingerprint density at radius 1 is 1.33 bits per heavy atom. The Morgan fingerprint density at radius 2 is 2.07 bits per heavy atom. The molecule has 2 rings (SSSR count). The predicted octanol–water partition coefficient (Wildman–Crippen LogP) is 1.48. The molecule has 0 saturated carbocycles. The largest absolute Gasteiger partial charge is 0.315 e. The fourth-order valence-electron chi connectivity index (χ4n) is 1.75. The van der Waals surface area contributed by atoms with Crippen molar-refractivity contribution in [2.75, 3.05) is 13.1 Å². The molecule has 1 aromatic carbocycles. The van der Waals surface area contributed by atoms with E-state index in [0.29, 0.717) is 18.0 Å². The van der Waals surface area contributed by atoms with E-state index in [9.17, 15) is 8.42 Å². The van der Waals surface area contributed by atoms with Crippen LogP contribution in [-0.4, -0.2) is 26.8 Å². The van der Waals surface area contributed by atoms with Crippen LogP contribution in [0.3, 0.4) is 0 Å². The van der Waals surface area contributed by atoms with Crippen LogP contribution >= 0.6 is 11.6 Å². The molecule has 1 saturated heterocycles. The molecular formula is C10H12ClNO2S. The minimum Gasteiger partial charge on any atom is -0.315 e. The number of nitrogens with one attached hydrogen (secondary N) is 1. The molecule has 1 aliphatic rings. The maximum absolute atomic E-state index is 12.1. The second-order valence-electron chi connectivity index (χ2n) is 3.59. The second-order valence-corrected chi connectivity index (χ2v) is 6.19. The van der Waals surface area contributed by atoms with Crippen LogP contribution in [0, 0.1) is 0 Å². The first-order chi connectivity index (χ1) is 7.12. The van der Waals surface area contributed by atoms with Gasteiger partial charge in [-0.2, -0.15) is 0 Å². The molecule has 15 heavy (non-hydrogen) atoms. The summed E-state index contributed by atoms with van der Waals surface area (Å²) in [4.78, 5) is 0.250. The zero-order valence-corrected chi connectivity index (χ0v) is 9.68. The van der Waals surface area contributed by atoms with E-state index in [1.165, 1.54) is 0 Å². The van der Waals surface area contributed by atoms with Gasteiger partial charge in [-0.05, 0) is 25.1 Å². The van der Waals surface area contributed by atoms with Crippen LogP contribution < -0.4 is 5.32 Å². The molecule has 3 nitrogen and oxygen atoms in total. The lowest BCUT2D eigenvalue weighted by Gasteiger charge is -2.11. The zero-order chi connectivity index (χ0) is 10.9. The minimum absolute atomic E-state index is 0.250. The van der Waals surface area contributed by atoms with Crippen LogP contribution in [0.25, 0.3) is 0 Å². The van der Waals surface area contributed by atoms with E-state index in [4.69, 9.17) is 11.6 Å². The standard InChI is InChI=1S/C10H12ClNO2S/c11-9-3-1-2-4-10(9)15(13,14)8-5-6-12-7-8/h1-4,8,12H,5-7H2. The van der Waals surface area contributed by atoms with Gasteiger partial charge in [0.15, 0.2) is 9.84 Å². The zero-order valence-electron chi connectivity index (χ0n) is 8.11. The molecule has 1 unspecified atom stereocenters. The molecule has 1 atom stereocenters. The number of hydrogen-bond donors (Lipinski definition) is 1. The van der Waals surface area contributed by atoms with Gasteiger partial charge < -0.3 is 5.32 Å². The van der Waals surface area contributed by atoms with Crippen LogP contribution in [0.5, 0.6) is 0 Å². The van der Waals surface area contributed by atoms with Crippen molar-refractivity contribution < 1.29 is 8.42 Å². The quantitative estimate of drug-likeness (QED) is 0.859. The van der Waals surface area contributed by atoms with Crippen molar-refractivity contribution in [3.05, 3.63) is 29.3 Å². The van der Waals surface area contributed by atoms with Crippen molar-refractivity contribution in [2.45, 2.75) is 16.6 Å². The van der Waals surface area contributed by atoms with Gasteiger partial charge in [-0.15, -0.1) is 0 Å². The normalized spacial score (nSPS) is 21.8. The highest BCUT2D eigenvalue weighted by molar-refractivity contribution is 7.92. The number of hydrogen-bond acceptors (Lipinski definition) is 3. The van der Waals surface area contributed by atoms with Gasteiger partial charge in [0, 0.05) is 6.54 Å². The first-order valence-corrected chi connectivity index (χ1v) is 6.74. The van der Waals surface area contributed by atoms with Crippen LogP contribution in [-0.2, 0) is 9.84 Å². The van der Waals surface area contributed by atoms with Gasteiger partial charge in [0.25, 0.3) is 0 Å². The summed E-state index contributed by atoms with van der Waals surface area (Å²) >= 11 is 5.89. The van der Waals surface area contributed by atoms with E-state index in [0.717, 1.165) is 6.54 Å².